The average molecular weight is 437 g/mol. The summed E-state index contributed by atoms with van der Waals surface area (Å²) in [6.07, 6.45) is -0.938. The minimum absolute atomic E-state index is 0.0309. The summed E-state index contributed by atoms with van der Waals surface area (Å²) in [7, 11) is 0. The number of halogens is 4. The molecule has 1 aliphatic rings. The van der Waals surface area contributed by atoms with Crippen LogP contribution in [-0.2, 0) is 19.4 Å². The first-order valence-corrected chi connectivity index (χ1v) is 10.7. The smallest absolute Gasteiger partial charge is 0.416 e. The standard InChI is InChI=1S/C23H27F4N3O/c1-4-9-29(12-16-5-6-16)13-20-14(2)28-30-21(15(3)31-22(20)30)19-8-7-18(23(25,26)27)10-17(19)11-24/h7-8,10,16H,4-6,9,11-13H2,1-3H3. The van der Waals surface area contributed by atoms with Gasteiger partial charge in [0.1, 0.15) is 18.1 Å². The molecule has 0 aliphatic heterocycles. The zero-order valence-electron chi connectivity index (χ0n) is 18.0. The Kier molecular flexibility index (Phi) is 5.85. The van der Waals surface area contributed by atoms with E-state index in [2.05, 4.69) is 16.9 Å². The SMILES string of the molecule is CCCN(Cc1c(C)nn2c(-c3ccc(C(F)(F)F)cc3CF)c(C)oc12)CC1CC1. The maximum atomic E-state index is 13.7. The molecule has 1 aliphatic carbocycles. The van der Waals surface area contributed by atoms with Gasteiger partial charge in [0.2, 0.25) is 5.71 Å². The van der Waals surface area contributed by atoms with Crippen molar-refractivity contribution in [2.75, 3.05) is 13.1 Å². The Morgan fingerprint density at radius 1 is 1.23 bits per heavy atom. The predicted molar refractivity (Wildman–Crippen MR) is 110 cm³/mol. The Morgan fingerprint density at radius 3 is 2.58 bits per heavy atom. The van der Waals surface area contributed by atoms with Crippen LogP contribution in [0.3, 0.4) is 0 Å². The van der Waals surface area contributed by atoms with Crippen molar-refractivity contribution in [1.82, 2.24) is 14.5 Å². The second-order valence-electron chi connectivity index (χ2n) is 8.47. The van der Waals surface area contributed by atoms with Crippen LogP contribution >= 0.6 is 0 Å². The Balaban J connectivity index is 1.75. The van der Waals surface area contributed by atoms with Gasteiger partial charge in [0.05, 0.1) is 16.8 Å². The monoisotopic (exact) mass is 437 g/mol. The molecule has 0 radical (unpaired) electrons. The van der Waals surface area contributed by atoms with Crippen molar-refractivity contribution in [1.29, 1.82) is 0 Å². The van der Waals surface area contributed by atoms with Crippen LogP contribution in [0.2, 0.25) is 0 Å². The number of rotatable bonds is 8. The van der Waals surface area contributed by atoms with Crippen LogP contribution < -0.4 is 0 Å². The van der Waals surface area contributed by atoms with Crippen molar-refractivity contribution in [3.05, 3.63) is 46.3 Å². The molecule has 1 saturated carbocycles. The van der Waals surface area contributed by atoms with Gasteiger partial charge in [-0.2, -0.15) is 22.8 Å². The molecular formula is C23H27F4N3O. The normalized spacial score (nSPS) is 14.8. The Hall–Kier alpha value is -2.35. The van der Waals surface area contributed by atoms with E-state index in [1.165, 1.54) is 18.9 Å². The molecule has 0 saturated heterocycles. The Morgan fingerprint density at radius 2 is 1.97 bits per heavy atom. The van der Waals surface area contributed by atoms with Crippen LogP contribution in [0.4, 0.5) is 17.6 Å². The number of hydrogen-bond acceptors (Lipinski definition) is 3. The minimum Gasteiger partial charge on any atom is -0.441 e. The first kappa shape index (κ1) is 21.9. The van der Waals surface area contributed by atoms with Crippen molar-refractivity contribution >= 4 is 5.71 Å². The molecule has 0 amide bonds. The van der Waals surface area contributed by atoms with Crippen LogP contribution in [0.25, 0.3) is 17.0 Å². The van der Waals surface area contributed by atoms with E-state index in [1.807, 2.05) is 6.92 Å². The molecule has 3 aromatic rings. The number of hydrogen-bond donors (Lipinski definition) is 0. The van der Waals surface area contributed by atoms with Crippen LogP contribution in [0.15, 0.2) is 22.6 Å². The van der Waals surface area contributed by atoms with Crippen molar-refractivity contribution in [2.24, 2.45) is 5.92 Å². The molecule has 1 fully saturated rings. The van der Waals surface area contributed by atoms with E-state index in [9.17, 15) is 17.6 Å². The molecule has 0 atom stereocenters. The molecule has 2 aromatic heterocycles. The van der Waals surface area contributed by atoms with E-state index in [0.29, 0.717) is 29.3 Å². The highest BCUT2D eigenvalue weighted by atomic mass is 19.4. The van der Waals surface area contributed by atoms with Crippen LogP contribution in [0, 0.1) is 19.8 Å². The van der Waals surface area contributed by atoms with Crippen molar-refractivity contribution in [3.63, 3.8) is 0 Å². The maximum Gasteiger partial charge on any atom is 0.416 e. The van der Waals surface area contributed by atoms with Gasteiger partial charge in [0, 0.05) is 18.7 Å². The lowest BCUT2D eigenvalue weighted by atomic mass is 10.0. The Bertz CT molecular complexity index is 1080. The van der Waals surface area contributed by atoms with Crippen LogP contribution in [0.1, 0.15) is 54.3 Å². The van der Waals surface area contributed by atoms with Gasteiger partial charge < -0.3 is 4.42 Å². The van der Waals surface area contributed by atoms with E-state index < -0.39 is 18.4 Å². The van der Waals surface area contributed by atoms with Gasteiger partial charge in [-0.3, -0.25) is 4.90 Å². The summed E-state index contributed by atoms with van der Waals surface area (Å²) in [5, 5.41) is 4.62. The molecule has 4 nitrogen and oxygen atoms in total. The lowest BCUT2D eigenvalue weighted by Gasteiger charge is -2.20. The van der Waals surface area contributed by atoms with Crippen LogP contribution in [-0.4, -0.2) is 27.6 Å². The van der Waals surface area contributed by atoms with Crippen molar-refractivity contribution < 1.29 is 22.0 Å². The minimum atomic E-state index is -4.52. The number of benzene rings is 1. The number of aromatic nitrogens is 2. The lowest BCUT2D eigenvalue weighted by Crippen LogP contribution is -2.26. The summed E-state index contributed by atoms with van der Waals surface area (Å²) < 4.78 is 60.6. The van der Waals surface area contributed by atoms with Gasteiger partial charge in [-0.05, 0) is 63.3 Å². The van der Waals surface area contributed by atoms with Gasteiger partial charge in [-0.15, -0.1) is 0 Å². The highest BCUT2D eigenvalue weighted by molar-refractivity contribution is 5.70. The number of fused-ring (bicyclic) bond motifs is 1. The molecule has 168 valence electrons. The topological polar surface area (TPSA) is 33.7 Å². The third kappa shape index (κ3) is 4.35. The molecule has 31 heavy (non-hydrogen) atoms. The molecular weight excluding hydrogens is 410 g/mol. The maximum absolute atomic E-state index is 13.7. The zero-order chi connectivity index (χ0) is 22.3. The van der Waals surface area contributed by atoms with E-state index in [4.69, 9.17) is 4.42 Å². The fraction of sp³-hybridized carbons (Fsp3) is 0.522. The summed E-state index contributed by atoms with van der Waals surface area (Å²) in [6, 6.07) is 3.15. The van der Waals surface area contributed by atoms with E-state index in [-0.39, 0.29) is 5.56 Å². The third-order valence-electron chi connectivity index (χ3n) is 5.90. The molecule has 0 N–H and O–H groups in total. The van der Waals surface area contributed by atoms with E-state index >= 15 is 0 Å². The van der Waals surface area contributed by atoms with Crippen LogP contribution in [0.5, 0.6) is 0 Å². The van der Waals surface area contributed by atoms with Gasteiger partial charge >= 0.3 is 6.18 Å². The summed E-state index contributed by atoms with van der Waals surface area (Å²) in [5.74, 6) is 1.26. The third-order valence-corrected chi connectivity index (χ3v) is 5.90. The lowest BCUT2D eigenvalue weighted by molar-refractivity contribution is -0.137. The van der Waals surface area contributed by atoms with Gasteiger partial charge in [0.15, 0.2) is 0 Å². The second-order valence-corrected chi connectivity index (χ2v) is 8.47. The summed E-state index contributed by atoms with van der Waals surface area (Å²) in [5.41, 5.74) is 2.32. The van der Waals surface area contributed by atoms with Gasteiger partial charge in [-0.1, -0.05) is 13.0 Å². The van der Waals surface area contributed by atoms with Crippen molar-refractivity contribution in [2.45, 2.75) is 59.4 Å². The summed E-state index contributed by atoms with van der Waals surface area (Å²) >= 11 is 0. The largest absolute Gasteiger partial charge is 0.441 e. The average Bonchev–Trinajstić information content (AvgIpc) is 3.41. The highest BCUT2D eigenvalue weighted by Gasteiger charge is 2.32. The fourth-order valence-corrected chi connectivity index (χ4v) is 4.17. The first-order valence-electron chi connectivity index (χ1n) is 10.7. The fourth-order valence-electron chi connectivity index (χ4n) is 4.17. The number of oxazole rings is 1. The molecule has 8 heteroatoms. The highest BCUT2D eigenvalue weighted by Crippen LogP contribution is 2.37. The first-order chi connectivity index (χ1) is 14.7. The van der Waals surface area contributed by atoms with Crippen molar-refractivity contribution in [3.8, 4) is 11.3 Å². The molecule has 1 aromatic carbocycles. The van der Waals surface area contributed by atoms with Gasteiger partial charge in [-0.25, -0.2) is 4.39 Å². The van der Waals surface area contributed by atoms with Gasteiger partial charge in [0.25, 0.3) is 0 Å². The number of nitrogens with zero attached hydrogens (tertiary/aromatic N) is 3. The molecule has 4 rings (SSSR count). The van der Waals surface area contributed by atoms with E-state index in [1.54, 1.807) is 11.4 Å². The quantitative estimate of drug-likeness (QED) is 0.387. The number of aryl methyl sites for hydroxylation is 2. The molecule has 0 spiro atoms. The second kappa shape index (κ2) is 8.30. The molecule has 2 heterocycles. The summed E-state index contributed by atoms with van der Waals surface area (Å²) in [6.45, 7) is 7.50. The Labute approximate surface area is 178 Å². The zero-order valence-corrected chi connectivity index (χ0v) is 18.0. The summed E-state index contributed by atoms with van der Waals surface area (Å²) in [4.78, 5) is 2.41. The number of alkyl halides is 4. The molecule has 0 unspecified atom stereocenters. The molecule has 0 bridgehead atoms. The van der Waals surface area contributed by atoms with E-state index in [0.717, 1.165) is 48.8 Å². The predicted octanol–water partition coefficient (Wildman–Crippen LogP) is 6.32.